The van der Waals surface area contributed by atoms with Crippen molar-refractivity contribution in [3.8, 4) is 17.4 Å². The second kappa shape index (κ2) is 7.85. The van der Waals surface area contributed by atoms with Gasteiger partial charge in [-0.1, -0.05) is 0 Å². The van der Waals surface area contributed by atoms with E-state index in [1.54, 1.807) is 43.6 Å². The number of aromatic nitrogens is 1. The molecule has 0 saturated carbocycles. The number of nitrogens with zero attached hydrogens (tertiary/aromatic N) is 1. The molecule has 0 radical (unpaired) electrons. The standard InChI is InChI=1S/C18H20N2O5/c1-22-13-3-4-15(16(10-13)23-2)20-18(21)12-5-7-19-17(9-12)25-14-6-8-24-11-14/h3-5,7,9-10,14H,6,8,11H2,1-2H3,(H,20,21)/t14-/m0/s1. The first-order valence-electron chi connectivity index (χ1n) is 7.93. The average molecular weight is 344 g/mol. The first kappa shape index (κ1) is 17.0. The van der Waals surface area contributed by atoms with Gasteiger partial charge in [-0.25, -0.2) is 4.98 Å². The molecule has 0 spiro atoms. The van der Waals surface area contributed by atoms with Gasteiger partial charge >= 0.3 is 0 Å². The number of hydrogen-bond acceptors (Lipinski definition) is 6. The molecule has 1 atom stereocenters. The SMILES string of the molecule is COc1ccc(NC(=O)c2ccnc(O[C@H]3CCOC3)c2)c(OC)c1. The summed E-state index contributed by atoms with van der Waals surface area (Å²) in [6.07, 6.45) is 2.35. The molecule has 1 aromatic heterocycles. The molecule has 2 heterocycles. The highest BCUT2D eigenvalue weighted by Crippen LogP contribution is 2.29. The molecule has 1 saturated heterocycles. The molecule has 25 heavy (non-hydrogen) atoms. The molecule has 1 aromatic carbocycles. The Kier molecular flexibility index (Phi) is 5.35. The lowest BCUT2D eigenvalue weighted by atomic mass is 10.2. The molecule has 7 heteroatoms. The van der Waals surface area contributed by atoms with Gasteiger partial charge in [-0.2, -0.15) is 0 Å². The number of carbonyl (C=O) groups excluding carboxylic acids is 1. The van der Waals surface area contributed by atoms with E-state index in [0.29, 0.717) is 41.8 Å². The number of pyridine rings is 1. The van der Waals surface area contributed by atoms with Crippen molar-refractivity contribution < 1.29 is 23.7 Å². The predicted octanol–water partition coefficient (Wildman–Crippen LogP) is 2.52. The summed E-state index contributed by atoms with van der Waals surface area (Å²) in [6.45, 7) is 1.23. The van der Waals surface area contributed by atoms with Crippen molar-refractivity contribution in [3.63, 3.8) is 0 Å². The lowest BCUT2D eigenvalue weighted by molar-refractivity contribution is 0.102. The molecule has 1 amide bonds. The van der Waals surface area contributed by atoms with Crippen LogP contribution in [-0.2, 0) is 4.74 Å². The molecular formula is C18H20N2O5. The Morgan fingerprint density at radius 1 is 1.24 bits per heavy atom. The largest absolute Gasteiger partial charge is 0.497 e. The van der Waals surface area contributed by atoms with E-state index in [0.717, 1.165) is 6.42 Å². The lowest BCUT2D eigenvalue weighted by Gasteiger charge is -2.13. The van der Waals surface area contributed by atoms with Crippen molar-refractivity contribution in [2.24, 2.45) is 0 Å². The molecule has 0 bridgehead atoms. The fourth-order valence-electron chi connectivity index (χ4n) is 2.49. The molecule has 7 nitrogen and oxygen atoms in total. The van der Waals surface area contributed by atoms with Gasteiger partial charge in [-0.15, -0.1) is 0 Å². The quantitative estimate of drug-likeness (QED) is 0.867. The minimum Gasteiger partial charge on any atom is -0.497 e. The van der Waals surface area contributed by atoms with Crippen LogP contribution in [0.25, 0.3) is 0 Å². The summed E-state index contributed by atoms with van der Waals surface area (Å²) < 4.78 is 21.5. The Balaban J connectivity index is 1.72. The summed E-state index contributed by atoms with van der Waals surface area (Å²) in [7, 11) is 3.10. The smallest absolute Gasteiger partial charge is 0.256 e. The van der Waals surface area contributed by atoms with Crippen molar-refractivity contribution in [2.75, 3.05) is 32.8 Å². The predicted molar refractivity (Wildman–Crippen MR) is 91.6 cm³/mol. The van der Waals surface area contributed by atoms with E-state index in [2.05, 4.69) is 10.3 Å². The number of rotatable bonds is 6. The van der Waals surface area contributed by atoms with Gasteiger partial charge in [0, 0.05) is 30.3 Å². The van der Waals surface area contributed by atoms with E-state index in [-0.39, 0.29) is 12.0 Å². The summed E-state index contributed by atoms with van der Waals surface area (Å²) in [5.74, 6) is 1.29. The number of hydrogen-bond donors (Lipinski definition) is 1. The third-order valence-corrected chi connectivity index (χ3v) is 3.83. The minimum atomic E-state index is -0.279. The van der Waals surface area contributed by atoms with Crippen LogP contribution in [0.5, 0.6) is 17.4 Å². The topological polar surface area (TPSA) is 78.9 Å². The molecule has 1 aliphatic heterocycles. The Hall–Kier alpha value is -2.80. The summed E-state index contributed by atoms with van der Waals surface area (Å²) in [5, 5.41) is 2.82. The van der Waals surface area contributed by atoms with Crippen LogP contribution >= 0.6 is 0 Å². The van der Waals surface area contributed by atoms with Gasteiger partial charge in [-0.3, -0.25) is 4.79 Å². The van der Waals surface area contributed by atoms with Crippen LogP contribution in [0, 0.1) is 0 Å². The van der Waals surface area contributed by atoms with Crippen molar-refractivity contribution in [1.29, 1.82) is 0 Å². The van der Waals surface area contributed by atoms with Crippen LogP contribution in [0.3, 0.4) is 0 Å². The number of anilines is 1. The number of benzene rings is 1. The lowest BCUT2D eigenvalue weighted by Crippen LogP contribution is -2.17. The van der Waals surface area contributed by atoms with Gasteiger partial charge in [0.25, 0.3) is 5.91 Å². The van der Waals surface area contributed by atoms with Crippen LogP contribution in [0.15, 0.2) is 36.5 Å². The normalized spacial score (nSPS) is 16.3. The van der Waals surface area contributed by atoms with Crippen LogP contribution in [0.1, 0.15) is 16.8 Å². The van der Waals surface area contributed by atoms with Gasteiger partial charge in [-0.05, 0) is 18.2 Å². The van der Waals surface area contributed by atoms with E-state index >= 15 is 0 Å². The van der Waals surface area contributed by atoms with Crippen LogP contribution in [0.2, 0.25) is 0 Å². The highest BCUT2D eigenvalue weighted by molar-refractivity contribution is 6.05. The molecule has 3 rings (SSSR count). The molecule has 0 unspecified atom stereocenters. The number of carbonyl (C=O) groups is 1. The van der Waals surface area contributed by atoms with Gasteiger partial charge < -0.3 is 24.3 Å². The molecule has 1 aliphatic rings. The first-order chi connectivity index (χ1) is 12.2. The van der Waals surface area contributed by atoms with Gasteiger partial charge in [0.1, 0.15) is 17.6 Å². The molecule has 0 aliphatic carbocycles. The fourth-order valence-corrected chi connectivity index (χ4v) is 2.49. The highest BCUT2D eigenvalue weighted by Gasteiger charge is 2.18. The van der Waals surface area contributed by atoms with Gasteiger partial charge in [0.15, 0.2) is 0 Å². The zero-order valence-corrected chi connectivity index (χ0v) is 14.2. The summed E-state index contributed by atoms with van der Waals surface area (Å²) in [4.78, 5) is 16.7. The first-order valence-corrected chi connectivity index (χ1v) is 7.93. The zero-order valence-electron chi connectivity index (χ0n) is 14.2. The third-order valence-electron chi connectivity index (χ3n) is 3.83. The summed E-state index contributed by atoms with van der Waals surface area (Å²) >= 11 is 0. The van der Waals surface area contributed by atoms with E-state index in [1.165, 1.54) is 7.11 Å². The fraction of sp³-hybridized carbons (Fsp3) is 0.333. The third kappa shape index (κ3) is 4.19. The second-order valence-corrected chi connectivity index (χ2v) is 5.51. The van der Waals surface area contributed by atoms with Crippen molar-refractivity contribution >= 4 is 11.6 Å². The van der Waals surface area contributed by atoms with Crippen LogP contribution < -0.4 is 19.5 Å². The Bertz CT molecular complexity index is 744. The number of methoxy groups -OCH3 is 2. The van der Waals surface area contributed by atoms with Crippen molar-refractivity contribution in [2.45, 2.75) is 12.5 Å². The minimum absolute atomic E-state index is 0.0208. The maximum Gasteiger partial charge on any atom is 0.256 e. The van der Waals surface area contributed by atoms with E-state index in [1.807, 2.05) is 0 Å². The average Bonchev–Trinajstić information content (AvgIpc) is 3.15. The maximum absolute atomic E-state index is 12.5. The monoisotopic (exact) mass is 344 g/mol. The summed E-state index contributed by atoms with van der Waals surface area (Å²) in [6, 6.07) is 8.42. The maximum atomic E-state index is 12.5. The van der Waals surface area contributed by atoms with Gasteiger partial charge in [0.2, 0.25) is 5.88 Å². The Morgan fingerprint density at radius 3 is 2.84 bits per heavy atom. The second-order valence-electron chi connectivity index (χ2n) is 5.51. The Labute approximate surface area is 145 Å². The molecule has 1 fully saturated rings. The molecule has 1 N–H and O–H groups in total. The van der Waals surface area contributed by atoms with Crippen LogP contribution in [0.4, 0.5) is 5.69 Å². The summed E-state index contributed by atoms with van der Waals surface area (Å²) in [5.41, 5.74) is 0.999. The van der Waals surface area contributed by atoms with Crippen LogP contribution in [-0.4, -0.2) is 44.4 Å². The van der Waals surface area contributed by atoms with Crippen molar-refractivity contribution in [1.82, 2.24) is 4.98 Å². The Morgan fingerprint density at radius 2 is 2.12 bits per heavy atom. The number of amides is 1. The zero-order chi connectivity index (χ0) is 17.6. The van der Waals surface area contributed by atoms with Crippen molar-refractivity contribution in [3.05, 3.63) is 42.1 Å². The number of nitrogens with one attached hydrogen (secondary N) is 1. The highest BCUT2D eigenvalue weighted by atomic mass is 16.5. The molecular weight excluding hydrogens is 324 g/mol. The van der Waals surface area contributed by atoms with Gasteiger partial charge in [0.05, 0.1) is 33.1 Å². The van der Waals surface area contributed by atoms with E-state index < -0.39 is 0 Å². The molecule has 132 valence electrons. The van der Waals surface area contributed by atoms with E-state index in [4.69, 9.17) is 18.9 Å². The molecule has 2 aromatic rings. The number of ether oxygens (including phenoxy) is 4. The van der Waals surface area contributed by atoms with E-state index in [9.17, 15) is 4.79 Å².